The summed E-state index contributed by atoms with van der Waals surface area (Å²) in [7, 11) is 0. The number of rotatable bonds is 6. The van der Waals surface area contributed by atoms with Crippen molar-refractivity contribution in [3.8, 4) is 6.07 Å². The second-order valence-corrected chi connectivity index (χ2v) is 7.30. The topological polar surface area (TPSA) is 120 Å². The SMILES string of the molecule is Cc1cc(C(=O)NCC(=O)N2CCN(C(C#N)c3ccccc3)CC2)ccc1[N+](=O)[O-]. The molecule has 2 amide bonds. The van der Waals surface area contributed by atoms with E-state index in [1.54, 1.807) is 11.8 Å². The molecule has 2 aromatic carbocycles. The van der Waals surface area contributed by atoms with Crippen molar-refractivity contribution in [2.75, 3.05) is 32.7 Å². The van der Waals surface area contributed by atoms with E-state index in [9.17, 15) is 25.0 Å². The number of nitro groups is 1. The highest BCUT2D eigenvalue weighted by Gasteiger charge is 2.27. The van der Waals surface area contributed by atoms with E-state index in [1.165, 1.54) is 18.2 Å². The van der Waals surface area contributed by atoms with Crippen LogP contribution in [0.2, 0.25) is 0 Å². The molecular formula is C22H23N5O4. The van der Waals surface area contributed by atoms with Gasteiger partial charge < -0.3 is 10.2 Å². The first kappa shape index (κ1) is 21.9. The van der Waals surface area contributed by atoms with E-state index in [2.05, 4.69) is 11.4 Å². The van der Waals surface area contributed by atoms with E-state index in [1.807, 2.05) is 35.2 Å². The third-order valence-corrected chi connectivity index (χ3v) is 5.33. The number of piperazine rings is 1. The van der Waals surface area contributed by atoms with Gasteiger partial charge in [-0.1, -0.05) is 30.3 Å². The van der Waals surface area contributed by atoms with Gasteiger partial charge in [-0.05, 0) is 24.6 Å². The molecule has 1 unspecified atom stereocenters. The number of nitrogens with one attached hydrogen (secondary N) is 1. The van der Waals surface area contributed by atoms with Crippen LogP contribution >= 0.6 is 0 Å². The van der Waals surface area contributed by atoms with Gasteiger partial charge in [-0.3, -0.25) is 24.6 Å². The van der Waals surface area contributed by atoms with E-state index < -0.39 is 10.8 Å². The zero-order valence-corrected chi connectivity index (χ0v) is 17.2. The quantitative estimate of drug-likeness (QED) is 0.563. The fourth-order valence-electron chi connectivity index (χ4n) is 3.60. The van der Waals surface area contributed by atoms with Gasteiger partial charge in [-0.15, -0.1) is 0 Å². The Morgan fingerprint density at radius 1 is 1.16 bits per heavy atom. The van der Waals surface area contributed by atoms with Crippen LogP contribution in [-0.2, 0) is 4.79 Å². The number of aryl methyl sites for hydroxylation is 1. The Morgan fingerprint density at radius 3 is 2.42 bits per heavy atom. The molecular weight excluding hydrogens is 398 g/mol. The normalized spacial score (nSPS) is 15.0. The molecule has 1 fully saturated rings. The van der Waals surface area contributed by atoms with Crippen LogP contribution in [0.15, 0.2) is 48.5 Å². The van der Waals surface area contributed by atoms with Crippen molar-refractivity contribution in [2.24, 2.45) is 0 Å². The van der Waals surface area contributed by atoms with Crippen LogP contribution < -0.4 is 5.32 Å². The summed E-state index contributed by atoms with van der Waals surface area (Å²) in [6.07, 6.45) is 0. The number of hydrogen-bond donors (Lipinski definition) is 1. The van der Waals surface area contributed by atoms with Gasteiger partial charge in [-0.25, -0.2) is 0 Å². The van der Waals surface area contributed by atoms with Gasteiger partial charge in [0.2, 0.25) is 5.91 Å². The van der Waals surface area contributed by atoms with Crippen LogP contribution in [0.4, 0.5) is 5.69 Å². The minimum atomic E-state index is -0.505. The Morgan fingerprint density at radius 2 is 1.84 bits per heavy atom. The summed E-state index contributed by atoms with van der Waals surface area (Å²) in [5.41, 5.74) is 1.51. The van der Waals surface area contributed by atoms with Gasteiger partial charge in [-0.2, -0.15) is 5.26 Å². The lowest BCUT2D eigenvalue weighted by Gasteiger charge is -2.37. The first-order chi connectivity index (χ1) is 14.9. The number of nitro benzene ring substituents is 1. The molecule has 2 aromatic rings. The van der Waals surface area contributed by atoms with E-state index in [0.29, 0.717) is 31.7 Å². The average Bonchev–Trinajstić information content (AvgIpc) is 2.78. The maximum absolute atomic E-state index is 12.5. The highest BCUT2D eigenvalue weighted by atomic mass is 16.6. The van der Waals surface area contributed by atoms with Crippen molar-refractivity contribution in [1.82, 2.24) is 15.1 Å². The van der Waals surface area contributed by atoms with Crippen LogP contribution in [0.25, 0.3) is 0 Å². The van der Waals surface area contributed by atoms with Crippen molar-refractivity contribution in [1.29, 1.82) is 5.26 Å². The van der Waals surface area contributed by atoms with Crippen LogP contribution in [0.5, 0.6) is 0 Å². The zero-order chi connectivity index (χ0) is 22.4. The minimum Gasteiger partial charge on any atom is -0.343 e. The molecule has 0 bridgehead atoms. The number of benzene rings is 2. The molecule has 9 nitrogen and oxygen atoms in total. The van der Waals surface area contributed by atoms with Crippen LogP contribution in [-0.4, -0.2) is 59.3 Å². The number of amides is 2. The van der Waals surface area contributed by atoms with Crippen LogP contribution in [0.3, 0.4) is 0 Å². The summed E-state index contributed by atoms with van der Waals surface area (Å²) >= 11 is 0. The number of nitriles is 1. The molecule has 1 aliphatic rings. The molecule has 0 spiro atoms. The zero-order valence-electron chi connectivity index (χ0n) is 17.2. The Balaban J connectivity index is 1.51. The first-order valence-electron chi connectivity index (χ1n) is 9.90. The molecule has 3 rings (SSSR count). The second kappa shape index (κ2) is 9.82. The molecule has 31 heavy (non-hydrogen) atoms. The van der Waals surface area contributed by atoms with E-state index >= 15 is 0 Å². The molecule has 1 aliphatic heterocycles. The predicted molar refractivity (Wildman–Crippen MR) is 113 cm³/mol. The monoisotopic (exact) mass is 421 g/mol. The molecule has 160 valence electrons. The maximum atomic E-state index is 12.5. The third kappa shape index (κ3) is 5.24. The summed E-state index contributed by atoms with van der Waals surface area (Å²) in [6, 6.07) is 15.6. The number of carbonyl (C=O) groups is 2. The van der Waals surface area contributed by atoms with E-state index in [4.69, 9.17) is 0 Å². The Labute approximate surface area is 180 Å². The van der Waals surface area contributed by atoms with Crippen molar-refractivity contribution < 1.29 is 14.5 Å². The predicted octanol–water partition coefficient (Wildman–Crippen LogP) is 2.04. The number of nitrogens with zero attached hydrogens (tertiary/aromatic N) is 4. The molecule has 0 saturated carbocycles. The molecule has 0 aliphatic carbocycles. The fraction of sp³-hybridized carbons (Fsp3) is 0.318. The maximum Gasteiger partial charge on any atom is 0.272 e. The molecule has 1 heterocycles. The van der Waals surface area contributed by atoms with E-state index in [0.717, 1.165) is 5.56 Å². The lowest BCUT2D eigenvalue weighted by atomic mass is 10.1. The lowest BCUT2D eigenvalue weighted by Crippen LogP contribution is -2.51. The van der Waals surface area contributed by atoms with Crippen molar-refractivity contribution in [2.45, 2.75) is 13.0 Å². The Hall–Kier alpha value is -3.77. The summed E-state index contributed by atoms with van der Waals surface area (Å²) < 4.78 is 0. The summed E-state index contributed by atoms with van der Waals surface area (Å²) in [5, 5.41) is 23.0. The fourth-order valence-corrected chi connectivity index (χ4v) is 3.60. The standard InChI is InChI=1S/C22H23N5O4/c1-16-13-18(7-8-19(16)27(30)31)22(29)24-15-21(28)26-11-9-25(10-12-26)20(14-23)17-5-3-2-4-6-17/h2-8,13,20H,9-12,15H2,1H3,(H,24,29). The second-order valence-electron chi connectivity index (χ2n) is 7.30. The van der Waals surface area contributed by atoms with Crippen LogP contribution in [0, 0.1) is 28.4 Å². The number of hydrogen-bond acceptors (Lipinski definition) is 6. The smallest absolute Gasteiger partial charge is 0.272 e. The van der Waals surface area contributed by atoms with Gasteiger partial charge in [0.1, 0.15) is 6.04 Å². The largest absolute Gasteiger partial charge is 0.343 e. The first-order valence-corrected chi connectivity index (χ1v) is 9.90. The third-order valence-electron chi connectivity index (χ3n) is 5.33. The van der Waals surface area contributed by atoms with Gasteiger partial charge in [0.25, 0.3) is 11.6 Å². The Bertz CT molecular complexity index is 1010. The van der Waals surface area contributed by atoms with Gasteiger partial charge in [0.15, 0.2) is 0 Å². The molecule has 0 aromatic heterocycles. The van der Waals surface area contributed by atoms with Crippen molar-refractivity contribution >= 4 is 17.5 Å². The van der Waals surface area contributed by atoms with Gasteiger partial charge in [0, 0.05) is 43.4 Å². The molecule has 1 saturated heterocycles. The average molecular weight is 421 g/mol. The van der Waals surface area contributed by atoms with Crippen molar-refractivity contribution in [3.05, 3.63) is 75.3 Å². The minimum absolute atomic E-state index is 0.0586. The van der Waals surface area contributed by atoms with Gasteiger partial charge >= 0.3 is 0 Å². The summed E-state index contributed by atoms with van der Waals surface area (Å²) in [5.74, 6) is -0.668. The highest BCUT2D eigenvalue weighted by Crippen LogP contribution is 2.21. The molecule has 1 atom stereocenters. The van der Waals surface area contributed by atoms with Crippen LogP contribution in [0.1, 0.15) is 27.5 Å². The van der Waals surface area contributed by atoms with E-state index in [-0.39, 0.29) is 29.7 Å². The molecule has 9 heteroatoms. The molecule has 1 N–H and O–H groups in total. The Kier molecular flexibility index (Phi) is 6.95. The summed E-state index contributed by atoms with van der Waals surface area (Å²) in [4.78, 5) is 38.9. The molecule has 0 radical (unpaired) electrons. The van der Waals surface area contributed by atoms with Gasteiger partial charge in [0.05, 0.1) is 17.5 Å². The van der Waals surface area contributed by atoms with Crippen molar-refractivity contribution in [3.63, 3.8) is 0 Å². The summed E-state index contributed by atoms with van der Waals surface area (Å²) in [6.45, 7) is 3.47. The lowest BCUT2D eigenvalue weighted by molar-refractivity contribution is -0.385. The highest BCUT2D eigenvalue weighted by molar-refractivity contribution is 5.96. The number of carbonyl (C=O) groups excluding carboxylic acids is 2.